The van der Waals surface area contributed by atoms with E-state index in [0.717, 1.165) is 31.6 Å². The van der Waals surface area contributed by atoms with Crippen molar-refractivity contribution in [3.63, 3.8) is 0 Å². The molecule has 130 valence electrons. The molecular formula is C18H24F4O. The average molecular weight is 332 g/mol. The van der Waals surface area contributed by atoms with Gasteiger partial charge in [-0.15, -0.1) is 0 Å². The normalized spacial score (nSPS) is 22.2. The van der Waals surface area contributed by atoms with Gasteiger partial charge in [-0.05, 0) is 43.2 Å². The Morgan fingerprint density at radius 2 is 1.70 bits per heavy atom. The van der Waals surface area contributed by atoms with Gasteiger partial charge in [0, 0.05) is 0 Å². The van der Waals surface area contributed by atoms with Crippen LogP contribution in [0.4, 0.5) is 17.6 Å². The molecule has 1 aromatic carbocycles. The summed E-state index contributed by atoms with van der Waals surface area (Å²) in [5, 5.41) is 0. The predicted molar refractivity (Wildman–Crippen MR) is 82.0 cm³/mol. The third kappa shape index (κ3) is 4.61. The summed E-state index contributed by atoms with van der Waals surface area (Å²) in [4.78, 5) is 0. The van der Waals surface area contributed by atoms with Gasteiger partial charge in [0.25, 0.3) is 0 Å². The first-order valence-corrected chi connectivity index (χ1v) is 8.32. The molecule has 1 fully saturated rings. The van der Waals surface area contributed by atoms with Gasteiger partial charge in [0.2, 0.25) is 0 Å². The van der Waals surface area contributed by atoms with Crippen molar-refractivity contribution in [1.82, 2.24) is 0 Å². The van der Waals surface area contributed by atoms with E-state index in [1.807, 2.05) is 0 Å². The molecule has 1 nitrogen and oxygen atoms in total. The SMILES string of the molecule is CCCC1CCC(COc2ccc(C)c(F)c2C(F)(F)F)CC1. The molecule has 2 rings (SSSR count). The van der Waals surface area contributed by atoms with E-state index in [9.17, 15) is 17.6 Å². The van der Waals surface area contributed by atoms with Crippen LogP contribution in [0, 0.1) is 24.6 Å². The zero-order valence-corrected chi connectivity index (χ0v) is 13.7. The molecule has 0 aromatic heterocycles. The van der Waals surface area contributed by atoms with Crippen LogP contribution in [0.15, 0.2) is 12.1 Å². The summed E-state index contributed by atoms with van der Waals surface area (Å²) in [7, 11) is 0. The fourth-order valence-corrected chi connectivity index (χ4v) is 3.35. The molecule has 23 heavy (non-hydrogen) atoms. The van der Waals surface area contributed by atoms with Crippen LogP contribution in [0.1, 0.15) is 56.6 Å². The molecule has 0 spiro atoms. The summed E-state index contributed by atoms with van der Waals surface area (Å²) in [6.45, 7) is 3.72. The van der Waals surface area contributed by atoms with E-state index in [1.165, 1.54) is 31.9 Å². The monoisotopic (exact) mass is 332 g/mol. The topological polar surface area (TPSA) is 9.23 Å². The summed E-state index contributed by atoms with van der Waals surface area (Å²) in [5.74, 6) is -0.634. The van der Waals surface area contributed by atoms with Crippen molar-refractivity contribution in [2.24, 2.45) is 11.8 Å². The van der Waals surface area contributed by atoms with Crippen LogP contribution < -0.4 is 4.74 Å². The molecule has 0 heterocycles. The van der Waals surface area contributed by atoms with Crippen LogP contribution in [0.3, 0.4) is 0 Å². The third-order valence-corrected chi connectivity index (χ3v) is 4.72. The van der Waals surface area contributed by atoms with Gasteiger partial charge in [-0.2, -0.15) is 13.2 Å². The summed E-state index contributed by atoms with van der Waals surface area (Å²) >= 11 is 0. The number of benzene rings is 1. The van der Waals surface area contributed by atoms with Gasteiger partial charge in [0.05, 0.1) is 6.61 Å². The summed E-state index contributed by atoms with van der Waals surface area (Å²) in [5.41, 5.74) is -1.30. The molecule has 0 aliphatic heterocycles. The smallest absolute Gasteiger partial charge is 0.422 e. The van der Waals surface area contributed by atoms with Crippen molar-refractivity contribution in [1.29, 1.82) is 0 Å². The average Bonchev–Trinajstić information content (AvgIpc) is 2.49. The van der Waals surface area contributed by atoms with Gasteiger partial charge in [0.1, 0.15) is 17.1 Å². The Labute approximate surface area is 135 Å². The molecule has 0 radical (unpaired) electrons. The summed E-state index contributed by atoms with van der Waals surface area (Å²) in [6.07, 6.45) is 1.80. The molecule has 0 unspecified atom stereocenters. The third-order valence-electron chi connectivity index (χ3n) is 4.72. The second-order valence-corrected chi connectivity index (χ2v) is 6.55. The number of ether oxygens (including phenoxy) is 1. The van der Waals surface area contributed by atoms with Crippen molar-refractivity contribution in [3.05, 3.63) is 29.1 Å². The molecule has 0 atom stereocenters. The van der Waals surface area contributed by atoms with Gasteiger partial charge < -0.3 is 4.74 Å². The summed E-state index contributed by atoms with van der Waals surface area (Å²) in [6, 6.07) is 2.56. The van der Waals surface area contributed by atoms with Crippen molar-refractivity contribution in [3.8, 4) is 5.75 Å². The number of hydrogen-bond acceptors (Lipinski definition) is 1. The van der Waals surface area contributed by atoms with Crippen LogP contribution in [-0.2, 0) is 6.18 Å². The van der Waals surface area contributed by atoms with Crippen LogP contribution in [-0.4, -0.2) is 6.61 Å². The molecule has 0 amide bonds. The molecule has 1 saturated carbocycles. The number of alkyl halides is 3. The largest absolute Gasteiger partial charge is 0.493 e. The van der Waals surface area contributed by atoms with Crippen molar-refractivity contribution < 1.29 is 22.3 Å². The van der Waals surface area contributed by atoms with Crippen molar-refractivity contribution in [2.75, 3.05) is 6.61 Å². The Hall–Kier alpha value is -1.26. The fourth-order valence-electron chi connectivity index (χ4n) is 3.35. The van der Waals surface area contributed by atoms with Gasteiger partial charge >= 0.3 is 6.18 Å². The fraction of sp³-hybridized carbons (Fsp3) is 0.667. The molecule has 0 N–H and O–H groups in total. The van der Waals surface area contributed by atoms with Gasteiger partial charge in [0.15, 0.2) is 0 Å². The molecule has 0 saturated heterocycles. The second kappa shape index (κ2) is 7.54. The summed E-state index contributed by atoms with van der Waals surface area (Å²) < 4.78 is 58.4. The van der Waals surface area contributed by atoms with Crippen molar-refractivity contribution >= 4 is 0 Å². The van der Waals surface area contributed by atoms with Crippen LogP contribution >= 0.6 is 0 Å². The number of rotatable bonds is 5. The molecule has 1 aromatic rings. The highest BCUT2D eigenvalue weighted by Crippen LogP contribution is 2.40. The minimum absolute atomic E-state index is 0.0234. The lowest BCUT2D eigenvalue weighted by Gasteiger charge is -2.28. The van der Waals surface area contributed by atoms with E-state index >= 15 is 0 Å². The van der Waals surface area contributed by atoms with Crippen LogP contribution in [0.25, 0.3) is 0 Å². The Morgan fingerprint density at radius 3 is 2.26 bits per heavy atom. The van der Waals surface area contributed by atoms with Gasteiger partial charge in [-0.25, -0.2) is 4.39 Å². The minimum atomic E-state index is -4.75. The molecule has 5 heteroatoms. The number of halogens is 4. The van der Waals surface area contributed by atoms with Crippen molar-refractivity contribution in [2.45, 2.75) is 58.5 Å². The highest BCUT2D eigenvalue weighted by molar-refractivity contribution is 5.40. The Kier molecular flexibility index (Phi) is 5.93. The Bertz CT molecular complexity index is 516. The van der Waals surface area contributed by atoms with E-state index < -0.39 is 23.3 Å². The first-order valence-electron chi connectivity index (χ1n) is 8.32. The van der Waals surface area contributed by atoms with E-state index in [1.54, 1.807) is 0 Å². The lowest BCUT2D eigenvalue weighted by Crippen LogP contribution is -2.21. The highest BCUT2D eigenvalue weighted by atomic mass is 19.4. The standard InChI is InChI=1S/C18H24F4O/c1-3-4-13-6-8-14(9-7-13)11-23-15-10-5-12(2)17(19)16(15)18(20,21)22/h5,10,13-14H,3-4,6-9,11H2,1-2H3. The zero-order chi connectivity index (χ0) is 17.0. The predicted octanol–water partition coefficient (Wildman–Crippen LogP) is 6.14. The van der Waals surface area contributed by atoms with E-state index in [-0.39, 0.29) is 18.1 Å². The maximum absolute atomic E-state index is 13.9. The highest BCUT2D eigenvalue weighted by Gasteiger charge is 2.38. The molecule has 1 aliphatic carbocycles. The van der Waals surface area contributed by atoms with E-state index in [0.29, 0.717) is 0 Å². The Balaban J connectivity index is 2.00. The molecule has 1 aliphatic rings. The Morgan fingerprint density at radius 1 is 1.09 bits per heavy atom. The lowest BCUT2D eigenvalue weighted by molar-refractivity contribution is -0.141. The van der Waals surface area contributed by atoms with E-state index in [4.69, 9.17) is 4.74 Å². The number of aryl methyl sites for hydroxylation is 1. The minimum Gasteiger partial charge on any atom is -0.493 e. The van der Waals surface area contributed by atoms with Gasteiger partial charge in [-0.1, -0.05) is 38.7 Å². The van der Waals surface area contributed by atoms with Crippen LogP contribution in [0.5, 0.6) is 5.75 Å². The molecule has 0 bridgehead atoms. The zero-order valence-electron chi connectivity index (χ0n) is 13.7. The quantitative estimate of drug-likeness (QED) is 0.589. The lowest BCUT2D eigenvalue weighted by atomic mass is 9.80. The second-order valence-electron chi connectivity index (χ2n) is 6.55. The van der Waals surface area contributed by atoms with E-state index in [2.05, 4.69) is 6.92 Å². The molecular weight excluding hydrogens is 308 g/mol. The van der Waals surface area contributed by atoms with Gasteiger partial charge in [-0.3, -0.25) is 0 Å². The number of hydrogen-bond donors (Lipinski definition) is 0. The maximum Gasteiger partial charge on any atom is 0.422 e. The first-order chi connectivity index (χ1) is 10.8. The van der Waals surface area contributed by atoms with Crippen LogP contribution in [0.2, 0.25) is 0 Å². The maximum atomic E-state index is 13.9. The first kappa shape index (κ1) is 18.1.